The van der Waals surface area contributed by atoms with Crippen LogP contribution < -0.4 is 5.32 Å². The number of ether oxygens (including phenoxy) is 1. The molecule has 0 radical (unpaired) electrons. The fraction of sp³-hybridized carbons (Fsp3) is 0.600. The third kappa shape index (κ3) is 3.74. The van der Waals surface area contributed by atoms with Crippen LogP contribution in [-0.2, 0) is 11.2 Å². The van der Waals surface area contributed by atoms with Crippen molar-refractivity contribution in [1.82, 2.24) is 0 Å². The molecule has 1 heterocycles. The summed E-state index contributed by atoms with van der Waals surface area (Å²) in [5.74, 6) is 0. The third-order valence-electron chi connectivity index (χ3n) is 3.35. The maximum Gasteiger partial charge on any atom is 0.0485 e. The Labute approximate surface area is 104 Å². The first-order chi connectivity index (χ1) is 8.40. The van der Waals surface area contributed by atoms with Gasteiger partial charge in [0.1, 0.15) is 0 Å². The van der Waals surface area contributed by atoms with Gasteiger partial charge in [0.2, 0.25) is 0 Å². The summed E-state index contributed by atoms with van der Waals surface area (Å²) in [7, 11) is 0. The number of anilines is 1. The van der Waals surface area contributed by atoms with Gasteiger partial charge in [-0.1, -0.05) is 31.5 Å². The molecule has 0 saturated carbocycles. The fourth-order valence-electron chi connectivity index (χ4n) is 2.42. The van der Waals surface area contributed by atoms with E-state index in [4.69, 9.17) is 4.74 Å². The second kappa shape index (κ2) is 6.65. The van der Waals surface area contributed by atoms with Crippen molar-refractivity contribution in [2.24, 2.45) is 0 Å². The van der Waals surface area contributed by atoms with Gasteiger partial charge in [0.25, 0.3) is 0 Å². The van der Waals surface area contributed by atoms with Crippen molar-refractivity contribution in [2.75, 3.05) is 18.5 Å². The Morgan fingerprint density at radius 2 is 2.12 bits per heavy atom. The summed E-state index contributed by atoms with van der Waals surface area (Å²) < 4.78 is 5.50. The first-order valence-electron chi connectivity index (χ1n) is 6.82. The van der Waals surface area contributed by atoms with Crippen LogP contribution in [0.4, 0.5) is 5.69 Å². The van der Waals surface area contributed by atoms with Gasteiger partial charge in [-0.25, -0.2) is 0 Å². The van der Waals surface area contributed by atoms with E-state index in [1.165, 1.54) is 30.5 Å². The van der Waals surface area contributed by atoms with Crippen LogP contribution in [0.3, 0.4) is 0 Å². The topological polar surface area (TPSA) is 21.3 Å². The van der Waals surface area contributed by atoms with Crippen molar-refractivity contribution in [1.29, 1.82) is 0 Å². The lowest BCUT2D eigenvalue weighted by Gasteiger charge is -2.19. The average molecular weight is 233 g/mol. The highest BCUT2D eigenvalue weighted by molar-refractivity contribution is 5.51. The molecule has 1 unspecified atom stereocenters. The smallest absolute Gasteiger partial charge is 0.0485 e. The number of hydrogen-bond donors (Lipinski definition) is 1. The molecule has 1 aromatic carbocycles. The van der Waals surface area contributed by atoms with E-state index in [0.29, 0.717) is 6.04 Å². The summed E-state index contributed by atoms with van der Waals surface area (Å²) in [6.45, 7) is 4.05. The molecule has 1 aromatic rings. The van der Waals surface area contributed by atoms with Crippen LogP contribution in [0.1, 0.15) is 38.2 Å². The second-order valence-electron chi connectivity index (χ2n) is 4.79. The first kappa shape index (κ1) is 12.4. The Morgan fingerprint density at radius 3 is 3.00 bits per heavy atom. The molecule has 1 N–H and O–H groups in total. The van der Waals surface area contributed by atoms with E-state index < -0.39 is 0 Å². The molecular formula is C15H23NO. The largest absolute Gasteiger partial charge is 0.382 e. The first-order valence-corrected chi connectivity index (χ1v) is 6.82. The lowest BCUT2D eigenvalue weighted by Crippen LogP contribution is -2.20. The van der Waals surface area contributed by atoms with Crippen LogP contribution in [0.2, 0.25) is 0 Å². The van der Waals surface area contributed by atoms with E-state index >= 15 is 0 Å². The van der Waals surface area contributed by atoms with Gasteiger partial charge in [0.05, 0.1) is 0 Å². The summed E-state index contributed by atoms with van der Waals surface area (Å²) in [5, 5.41) is 3.69. The quantitative estimate of drug-likeness (QED) is 0.857. The van der Waals surface area contributed by atoms with Crippen molar-refractivity contribution in [3.8, 4) is 0 Å². The molecule has 1 atom stereocenters. The molecule has 1 saturated heterocycles. The Kier molecular flexibility index (Phi) is 4.87. The van der Waals surface area contributed by atoms with Crippen molar-refractivity contribution >= 4 is 5.69 Å². The number of nitrogens with one attached hydrogen (secondary N) is 1. The van der Waals surface area contributed by atoms with Gasteiger partial charge in [0, 0.05) is 24.9 Å². The predicted octanol–water partition coefficient (Wildman–Crippen LogP) is 3.62. The lowest BCUT2D eigenvalue weighted by atomic mass is 10.0. The van der Waals surface area contributed by atoms with Gasteiger partial charge >= 0.3 is 0 Å². The predicted molar refractivity (Wildman–Crippen MR) is 72.5 cm³/mol. The Hall–Kier alpha value is -1.02. The highest BCUT2D eigenvalue weighted by atomic mass is 16.5. The molecule has 0 aromatic heterocycles. The monoisotopic (exact) mass is 233 g/mol. The van der Waals surface area contributed by atoms with E-state index in [1.54, 1.807) is 0 Å². The molecule has 94 valence electrons. The van der Waals surface area contributed by atoms with E-state index in [-0.39, 0.29) is 0 Å². The molecule has 17 heavy (non-hydrogen) atoms. The summed E-state index contributed by atoms with van der Waals surface area (Å²) in [6, 6.07) is 9.27. The highest BCUT2D eigenvalue weighted by Crippen LogP contribution is 2.20. The summed E-state index contributed by atoms with van der Waals surface area (Å²) in [6.07, 6.45) is 5.88. The Bertz CT molecular complexity index is 329. The number of para-hydroxylation sites is 1. The molecule has 0 amide bonds. The van der Waals surface area contributed by atoms with Crippen molar-refractivity contribution < 1.29 is 4.74 Å². The van der Waals surface area contributed by atoms with E-state index in [2.05, 4.69) is 36.5 Å². The lowest BCUT2D eigenvalue weighted by molar-refractivity contribution is 0.144. The van der Waals surface area contributed by atoms with Gasteiger partial charge in [0.15, 0.2) is 0 Å². The molecule has 2 rings (SSSR count). The minimum Gasteiger partial charge on any atom is -0.382 e. The standard InChI is InChI=1S/C15H23NO/c1-2-6-13-7-3-4-9-15(13)16-14-8-5-11-17-12-10-14/h3-4,7,9,14,16H,2,5-6,8,10-12H2,1H3. The highest BCUT2D eigenvalue weighted by Gasteiger charge is 2.13. The van der Waals surface area contributed by atoms with Gasteiger partial charge < -0.3 is 10.1 Å². The maximum absolute atomic E-state index is 5.50. The maximum atomic E-state index is 5.50. The SMILES string of the molecule is CCCc1ccccc1NC1CCCOCC1. The van der Waals surface area contributed by atoms with Crippen LogP contribution in [-0.4, -0.2) is 19.3 Å². The zero-order valence-corrected chi connectivity index (χ0v) is 10.7. The average Bonchev–Trinajstić information content (AvgIpc) is 2.61. The third-order valence-corrected chi connectivity index (χ3v) is 3.35. The summed E-state index contributed by atoms with van der Waals surface area (Å²) in [4.78, 5) is 0. The molecule has 0 aliphatic carbocycles. The number of rotatable bonds is 4. The summed E-state index contributed by atoms with van der Waals surface area (Å²) >= 11 is 0. The molecular weight excluding hydrogens is 210 g/mol. The van der Waals surface area contributed by atoms with Crippen molar-refractivity contribution in [2.45, 2.75) is 45.1 Å². The Morgan fingerprint density at radius 1 is 1.24 bits per heavy atom. The molecule has 1 fully saturated rings. The molecule has 0 spiro atoms. The molecule has 0 bridgehead atoms. The number of aryl methyl sites for hydroxylation is 1. The normalized spacial score (nSPS) is 20.9. The van der Waals surface area contributed by atoms with Crippen LogP contribution in [0.25, 0.3) is 0 Å². The summed E-state index contributed by atoms with van der Waals surface area (Å²) in [5.41, 5.74) is 2.77. The second-order valence-corrected chi connectivity index (χ2v) is 4.79. The van der Waals surface area contributed by atoms with Gasteiger partial charge in [-0.2, -0.15) is 0 Å². The van der Waals surface area contributed by atoms with Gasteiger partial charge in [-0.05, 0) is 37.3 Å². The number of hydrogen-bond acceptors (Lipinski definition) is 2. The zero-order chi connectivity index (χ0) is 11.9. The van der Waals surface area contributed by atoms with Gasteiger partial charge in [-0.15, -0.1) is 0 Å². The van der Waals surface area contributed by atoms with E-state index in [0.717, 1.165) is 26.1 Å². The molecule has 2 nitrogen and oxygen atoms in total. The van der Waals surface area contributed by atoms with E-state index in [1.807, 2.05) is 0 Å². The van der Waals surface area contributed by atoms with Gasteiger partial charge in [-0.3, -0.25) is 0 Å². The van der Waals surface area contributed by atoms with E-state index in [9.17, 15) is 0 Å². The van der Waals surface area contributed by atoms with Crippen LogP contribution in [0.15, 0.2) is 24.3 Å². The van der Waals surface area contributed by atoms with Crippen LogP contribution in [0.5, 0.6) is 0 Å². The minimum atomic E-state index is 0.579. The zero-order valence-electron chi connectivity index (χ0n) is 10.7. The van der Waals surface area contributed by atoms with Crippen LogP contribution >= 0.6 is 0 Å². The molecule has 1 aliphatic rings. The fourth-order valence-corrected chi connectivity index (χ4v) is 2.42. The minimum absolute atomic E-state index is 0.579. The number of benzene rings is 1. The van der Waals surface area contributed by atoms with Crippen LogP contribution in [0, 0.1) is 0 Å². The van der Waals surface area contributed by atoms with Crippen molar-refractivity contribution in [3.05, 3.63) is 29.8 Å². The molecule has 2 heteroatoms. The molecule has 1 aliphatic heterocycles. The Balaban J connectivity index is 2.00. The van der Waals surface area contributed by atoms with Crippen molar-refractivity contribution in [3.63, 3.8) is 0 Å².